The molecule has 4 nitrogen and oxygen atoms in total. The summed E-state index contributed by atoms with van der Waals surface area (Å²) in [6.07, 6.45) is 8.10. The van der Waals surface area contributed by atoms with Gasteiger partial charge in [0.15, 0.2) is 0 Å². The Balaban J connectivity index is 2.25. The van der Waals surface area contributed by atoms with Crippen molar-refractivity contribution in [2.45, 2.75) is 91.2 Å². The van der Waals surface area contributed by atoms with Crippen LogP contribution in [0, 0.1) is 10.8 Å². The van der Waals surface area contributed by atoms with Crippen molar-refractivity contribution >= 4 is 6.09 Å². The first-order chi connectivity index (χ1) is 10.6. The highest BCUT2D eigenvalue weighted by Crippen LogP contribution is 2.46. The summed E-state index contributed by atoms with van der Waals surface area (Å²) >= 11 is 0. The normalized spacial score (nSPS) is 27.6. The molecule has 1 unspecified atom stereocenters. The van der Waals surface area contributed by atoms with E-state index in [-0.39, 0.29) is 23.0 Å². The summed E-state index contributed by atoms with van der Waals surface area (Å²) in [5, 5.41) is 0. The Morgan fingerprint density at radius 2 is 1.78 bits per heavy atom. The maximum atomic E-state index is 12.9. The van der Waals surface area contributed by atoms with Crippen molar-refractivity contribution < 1.29 is 9.53 Å². The molecule has 0 aromatic carbocycles. The standard InChI is InChI=1S/C19H36N2O2/c1-17(2,3)23-16(22)21-14-18(4,5)12-9-15(21)19(13-20)10-7-6-8-11-19/h15H,6-14,20H2,1-5H3. The van der Waals surface area contributed by atoms with E-state index in [0.717, 1.165) is 32.2 Å². The third-order valence-electron chi connectivity index (χ3n) is 5.66. The Labute approximate surface area is 142 Å². The predicted molar refractivity (Wildman–Crippen MR) is 94.3 cm³/mol. The van der Waals surface area contributed by atoms with Crippen LogP contribution in [-0.4, -0.2) is 35.7 Å². The van der Waals surface area contributed by atoms with E-state index in [4.69, 9.17) is 10.5 Å². The highest BCUT2D eigenvalue weighted by molar-refractivity contribution is 5.69. The lowest BCUT2D eigenvalue weighted by molar-refractivity contribution is -0.0463. The lowest BCUT2D eigenvalue weighted by Crippen LogP contribution is -2.59. The first-order valence-corrected chi connectivity index (χ1v) is 9.28. The summed E-state index contributed by atoms with van der Waals surface area (Å²) in [4.78, 5) is 14.9. The van der Waals surface area contributed by atoms with Crippen LogP contribution in [0.1, 0.15) is 79.6 Å². The molecular formula is C19H36N2O2. The second-order valence-corrected chi connectivity index (χ2v) is 9.45. The molecule has 0 bridgehead atoms. The molecule has 0 radical (unpaired) electrons. The molecule has 0 aromatic heterocycles. The van der Waals surface area contributed by atoms with Crippen LogP contribution in [0.25, 0.3) is 0 Å². The number of nitrogens with zero attached hydrogens (tertiary/aromatic N) is 1. The third kappa shape index (κ3) is 4.40. The summed E-state index contributed by atoms with van der Waals surface area (Å²) in [6, 6.07) is 0.232. The van der Waals surface area contributed by atoms with Gasteiger partial charge in [0, 0.05) is 18.0 Å². The first-order valence-electron chi connectivity index (χ1n) is 9.28. The van der Waals surface area contributed by atoms with E-state index in [1.807, 2.05) is 25.7 Å². The molecule has 1 heterocycles. The van der Waals surface area contributed by atoms with Gasteiger partial charge in [0.05, 0.1) is 0 Å². The SMILES string of the molecule is CC1(C)CCC(C2(CN)CCCCC2)N(C(=O)OC(C)(C)C)C1. The number of amides is 1. The fraction of sp³-hybridized carbons (Fsp3) is 0.947. The summed E-state index contributed by atoms with van der Waals surface area (Å²) in [7, 11) is 0. The van der Waals surface area contributed by atoms with Crippen molar-refractivity contribution in [2.75, 3.05) is 13.1 Å². The number of piperidine rings is 1. The molecule has 134 valence electrons. The number of hydrogen-bond donors (Lipinski definition) is 1. The van der Waals surface area contributed by atoms with Gasteiger partial charge < -0.3 is 15.4 Å². The molecule has 1 saturated heterocycles. The smallest absolute Gasteiger partial charge is 0.410 e. The lowest BCUT2D eigenvalue weighted by Gasteiger charge is -2.53. The monoisotopic (exact) mass is 324 g/mol. The summed E-state index contributed by atoms with van der Waals surface area (Å²) in [6.45, 7) is 11.8. The maximum absolute atomic E-state index is 12.9. The van der Waals surface area contributed by atoms with Crippen LogP contribution in [0.4, 0.5) is 4.79 Å². The molecule has 0 spiro atoms. The van der Waals surface area contributed by atoms with E-state index >= 15 is 0 Å². The number of nitrogens with two attached hydrogens (primary N) is 1. The Bertz CT molecular complexity index is 420. The van der Waals surface area contributed by atoms with Gasteiger partial charge in [-0.1, -0.05) is 33.1 Å². The minimum Gasteiger partial charge on any atom is -0.444 e. The first kappa shape index (κ1) is 18.6. The van der Waals surface area contributed by atoms with Crippen molar-refractivity contribution in [1.82, 2.24) is 4.90 Å². The fourth-order valence-electron chi connectivity index (χ4n) is 4.41. The molecule has 1 saturated carbocycles. The van der Waals surface area contributed by atoms with Gasteiger partial charge in [-0.2, -0.15) is 0 Å². The van der Waals surface area contributed by atoms with Gasteiger partial charge in [-0.25, -0.2) is 4.79 Å². The Kier molecular flexibility index (Phi) is 5.34. The summed E-state index contributed by atoms with van der Waals surface area (Å²) in [5.41, 5.74) is 6.03. The topological polar surface area (TPSA) is 55.6 Å². The van der Waals surface area contributed by atoms with Gasteiger partial charge >= 0.3 is 6.09 Å². The molecule has 2 aliphatic rings. The molecule has 0 aromatic rings. The van der Waals surface area contributed by atoms with Crippen molar-refractivity contribution in [3.63, 3.8) is 0 Å². The lowest BCUT2D eigenvalue weighted by atomic mass is 9.64. The third-order valence-corrected chi connectivity index (χ3v) is 5.66. The Hall–Kier alpha value is -0.770. The van der Waals surface area contributed by atoms with Crippen molar-refractivity contribution in [2.24, 2.45) is 16.6 Å². The summed E-state index contributed by atoms with van der Waals surface area (Å²) in [5.74, 6) is 0. The minimum absolute atomic E-state index is 0.0889. The van der Waals surface area contributed by atoms with Crippen LogP contribution >= 0.6 is 0 Å². The van der Waals surface area contributed by atoms with E-state index in [1.165, 1.54) is 19.3 Å². The quantitative estimate of drug-likeness (QED) is 0.823. The van der Waals surface area contributed by atoms with Gasteiger partial charge in [-0.05, 0) is 58.4 Å². The molecule has 2 rings (SSSR count). The van der Waals surface area contributed by atoms with Gasteiger partial charge in [0.2, 0.25) is 0 Å². The number of rotatable bonds is 2. The molecular weight excluding hydrogens is 288 g/mol. The average Bonchev–Trinajstić information content (AvgIpc) is 2.45. The molecule has 23 heavy (non-hydrogen) atoms. The van der Waals surface area contributed by atoms with E-state index in [1.54, 1.807) is 0 Å². The number of carbonyl (C=O) groups excluding carboxylic acids is 1. The largest absolute Gasteiger partial charge is 0.444 e. The average molecular weight is 325 g/mol. The van der Waals surface area contributed by atoms with Gasteiger partial charge in [0.1, 0.15) is 5.60 Å². The molecule has 1 aliphatic heterocycles. The van der Waals surface area contributed by atoms with Crippen LogP contribution in [0.15, 0.2) is 0 Å². The van der Waals surface area contributed by atoms with E-state index < -0.39 is 5.60 Å². The van der Waals surface area contributed by atoms with Crippen LogP contribution in [-0.2, 0) is 4.74 Å². The number of ether oxygens (including phenoxy) is 1. The Morgan fingerprint density at radius 1 is 1.17 bits per heavy atom. The second kappa shape index (κ2) is 6.62. The highest BCUT2D eigenvalue weighted by atomic mass is 16.6. The van der Waals surface area contributed by atoms with E-state index in [9.17, 15) is 4.79 Å². The zero-order valence-corrected chi connectivity index (χ0v) is 15.8. The Morgan fingerprint density at radius 3 is 2.30 bits per heavy atom. The van der Waals surface area contributed by atoms with Crippen molar-refractivity contribution in [3.05, 3.63) is 0 Å². The van der Waals surface area contributed by atoms with Crippen LogP contribution < -0.4 is 5.73 Å². The molecule has 4 heteroatoms. The fourth-order valence-corrected chi connectivity index (χ4v) is 4.41. The van der Waals surface area contributed by atoms with E-state index in [2.05, 4.69) is 13.8 Å². The molecule has 1 atom stereocenters. The summed E-state index contributed by atoms with van der Waals surface area (Å²) < 4.78 is 5.73. The second-order valence-electron chi connectivity index (χ2n) is 9.45. The molecule has 1 amide bonds. The molecule has 1 aliphatic carbocycles. The zero-order chi connectivity index (χ0) is 17.3. The number of carbonyl (C=O) groups is 1. The van der Waals surface area contributed by atoms with Crippen molar-refractivity contribution in [3.8, 4) is 0 Å². The van der Waals surface area contributed by atoms with Crippen molar-refractivity contribution in [1.29, 1.82) is 0 Å². The van der Waals surface area contributed by atoms with Crippen LogP contribution in [0.3, 0.4) is 0 Å². The van der Waals surface area contributed by atoms with Gasteiger partial charge in [-0.3, -0.25) is 0 Å². The van der Waals surface area contributed by atoms with Crippen LogP contribution in [0.5, 0.6) is 0 Å². The number of hydrogen-bond acceptors (Lipinski definition) is 3. The van der Waals surface area contributed by atoms with Gasteiger partial charge in [-0.15, -0.1) is 0 Å². The molecule has 2 N–H and O–H groups in total. The number of likely N-dealkylation sites (tertiary alicyclic amines) is 1. The zero-order valence-electron chi connectivity index (χ0n) is 15.8. The van der Waals surface area contributed by atoms with Gasteiger partial charge in [0.25, 0.3) is 0 Å². The minimum atomic E-state index is -0.453. The maximum Gasteiger partial charge on any atom is 0.410 e. The highest BCUT2D eigenvalue weighted by Gasteiger charge is 2.48. The molecule has 2 fully saturated rings. The van der Waals surface area contributed by atoms with Crippen LogP contribution in [0.2, 0.25) is 0 Å². The predicted octanol–water partition coefficient (Wildman–Crippen LogP) is 4.32. The van der Waals surface area contributed by atoms with E-state index in [0.29, 0.717) is 6.54 Å².